The second-order valence-electron chi connectivity index (χ2n) is 4.18. The monoisotopic (exact) mass is 227 g/mol. The molecule has 1 N–H and O–H groups in total. The third-order valence-corrected chi connectivity index (χ3v) is 3.06. The summed E-state index contributed by atoms with van der Waals surface area (Å²) in [5, 5.41) is 8.84. The third kappa shape index (κ3) is 4.77. The van der Waals surface area contributed by atoms with Crippen LogP contribution in [-0.2, 0) is 9.53 Å². The van der Waals surface area contributed by atoms with Gasteiger partial charge < -0.3 is 9.84 Å². The molecule has 92 valence electrons. The molecule has 0 amide bonds. The predicted octanol–water partition coefficient (Wildman–Crippen LogP) is 0.810. The Hall–Kier alpha value is -0.870. The lowest BCUT2D eigenvalue weighted by atomic mass is 9.94. The molecule has 4 nitrogen and oxygen atoms in total. The summed E-state index contributed by atoms with van der Waals surface area (Å²) in [5.41, 5.74) is 0. The van der Waals surface area contributed by atoms with Crippen LogP contribution in [0.1, 0.15) is 19.3 Å². The zero-order valence-electron chi connectivity index (χ0n) is 9.89. The first-order chi connectivity index (χ1) is 7.76. The van der Waals surface area contributed by atoms with E-state index >= 15 is 0 Å². The molecule has 1 aliphatic rings. The Kier molecular flexibility index (Phi) is 6.11. The van der Waals surface area contributed by atoms with Gasteiger partial charge in [-0.1, -0.05) is 6.08 Å². The maximum Gasteiger partial charge on any atom is 0.330 e. The molecule has 1 saturated heterocycles. The molecule has 0 aromatic rings. The Morgan fingerprint density at radius 1 is 1.50 bits per heavy atom. The van der Waals surface area contributed by atoms with Gasteiger partial charge in [-0.2, -0.15) is 0 Å². The quantitative estimate of drug-likeness (QED) is 0.558. The van der Waals surface area contributed by atoms with Crippen molar-refractivity contribution in [3.05, 3.63) is 12.2 Å². The van der Waals surface area contributed by atoms with Gasteiger partial charge in [0.2, 0.25) is 0 Å². The zero-order valence-corrected chi connectivity index (χ0v) is 9.89. The fourth-order valence-electron chi connectivity index (χ4n) is 2.01. The third-order valence-electron chi connectivity index (χ3n) is 3.06. The number of likely N-dealkylation sites (tertiary alicyclic amines) is 1. The summed E-state index contributed by atoms with van der Waals surface area (Å²) in [6.45, 7) is 3.21. The Balaban J connectivity index is 2.17. The summed E-state index contributed by atoms with van der Waals surface area (Å²) in [6, 6.07) is 0. The van der Waals surface area contributed by atoms with E-state index in [4.69, 9.17) is 5.11 Å². The Morgan fingerprint density at radius 2 is 2.19 bits per heavy atom. The summed E-state index contributed by atoms with van der Waals surface area (Å²) in [6.07, 6.45) is 6.53. The largest absolute Gasteiger partial charge is 0.466 e. The number of methoxy groups -OCH3 is 1. The van der Waals surface area contributed by atoms with Crippen molar-refractivity contribution in [2.24, 2.45) is 5.92 Å². The molecule has 0 saturated carbocycles. The Morgan fingerprint density at radius 3 is 2.75 bits per heavy atom. The van der Waals surface area contributed by atoms with E-state index in [0.717, 1.165) is 38.9 Å². The lowest BCUT2D eigenvalue weighted by molar-refractivity contribution is -0.134. The minimum absolute atomic E-state index is 0.296. The van der Waals surface area contributed by atoms with Gasteiger partial charge in [0.15, 0.2) is 0 Å². The fraction of sp³-hybridized carbons (Fsp3) is 0.750. The molecule has 0 spiro atoms. The lowest BCUT2D eigenvalue weighted by Crippen LogP contribution is -2.34. The van der Waals surface area contributed by atoms with Gasteiger partial charge in [0.25, 0.3) is 0 Å². The number of ether oxygens (including phenoxy) is 1. The number of esters is 1. The number of carbonyl (C=O) groups excluding carboxylic acids is 1. The highest BCUT2D eigenvalue weighted by Crippen LogP contribution is 2.19. The molecular formula is C12H21NO3. The average molecular weight is 227 g/mol. The average Bonchev–Trinajstić information content (AvgIpc) is 2.31. The van der Waals surface area contributed by atoms with E-state index in [1.165, 1.54) is 13.2 Å². The first-order valence-electron chi connectivity index (χ1n) is 5.84. The van der Waals surface area contributed by atoms with Crippen LogP contribution < -0.4 is 0 Å². The molecule has 0 aromatic heterocycles. The fourth-order valence-corrected chi connectivity index (χ4v) is 2.01. The first kappa shape index (κ1) is 13.2. The second-order valence-corrected chi connectivity index (χ2v) is 4.18. The topological polar surface area (TPSA) is 49.8 Å². The van der Waals surface area contributed by atoms with Crippen LogP contribution >= 0.6 is 0 Å². The van der Waals surface area contributed by atoms with E-state index in [1.54, 1.807) is 0 Å². The molecule has 0 atom stereocenters. The summed E-state index contributed by atoms with van der Waals surface area (Å²) in [5.74, 6) is 0.376. The maximum atomic E-state index is 10.8. The Bertz CT molecular complexity index is 232. The lowest BCUT2D eigenvalue weighted by Gasteiger charge is -2.30. The molecule has 1 heterocycles. The summed E-state index contributed by atoms with van der Waals surface area (Å²) in [4.78, 5) is 13.1. The highest BCUT2D eigenvalue weighted by atomic mass is 16.5. The van der Waals surface area contributed by atoms with Crippen molar-refractivity contribution < 1.29 is 14.6 Å². The summed E-state index contributed by atoms with van der Waals surface area (Å²) < 4.78 is 4.52. The molecule has 16 heavy (non-hydrogen) atoms. The molecule has 1 fully saturated rings. The van der Waals surface area contributed by atoms with Crippen LogP contribution in [0.25, 0.3) is 0 Å². The van der Waals surface area contributed by atoms with Crippen LogP contribution in [-0.4, -0.2) is 49.3 Å². The second kappa shape index (κ2) is 7.41. The normalized spacial score (nSPS) is 19.1. The van der Waals surface area contributed by atoms with Crippen molar-refractivity contribution in [3.8, 4) is 0 Å². The number of aliphatic hydroxyl groups excluding tert-OH is 1. The van der Waals surface area contributed by atoms with Crippen molar-refractivity contribution in [1.29, 1.82) is 0 Å². The van der Waals surface area contributed by atoms with Crippen molar-refractivity contribution in [3.63, 3.8) is 0 Å². The smallest absolute Gasteiger partial charge is 0.330 e. The van der Waals surface area contributed by atoms with Gasteiger partial charge in [0.05, 0.1) is 7.11 Å². The molecule has 0 bridgehead atoms. The van der Waals surface area contributed by atoms with Gasteiger partial charge in [0, 0.05) is 19.2 Å². The van der Waals surface area contributed by atoms with E-state index in [-0.39, 0.29) is 5.97 Å². The van der Waals surface area contributed by atoms with Crippen LogP contribution in [0.5, 0.6) is 0 Å². The number of hydrogen-bond donors (Lipinski definition) is 1. The van der Waals surface area contributed by atoms with Crippen LogP contribution in [0, 0.1) is 5.92 Å². The number of hydrogen-bond acceptors (Lipinski definition) is 4. The van der Waals surface area contributed by atoms with Gasteiger partial charge in [-0.3, -0.25) is 4.90 Å². The van der Waals surface area contributed by atoms with E-state index in [2.05, 4.69) is 9.64 Å². The molecular weight excluding hydrogens is 206 g/mol. The van der Waals surface area contributed by atoms with Gasteiger partial charge in [-0.25, -0.2) is 4.79 Å². The van der Waals surface area contributed by atoms with E-state index < -0.39 is 0 Å². The van der Waals surface area contributed by atoms with Gasteiger partial charge >= 0.3 is 5.97 Å². The number of aliphatic hydroxyl groups is 1. The molecule has 0 unspecified atom stereocenters. The molecule has 0 aromatic carbocycles. The highest BCUT2D eigenvalue weighted by molar-refractivity contribution is 5.81. The van der Waals surface area contributed by atoms with E-state index in [9.17, 15) is 4.79 Å². The van der Waals surface area contributed by atoms with Crippen molar-refractivity contribution in [2.45, 2.75) is 19.3 Å². The first-order valence-corrected chi connectivity index (χ1v) is 5.84. The summed E-state index contributed by atoms with van der Waals surface area (Å²) >= 11 is 0. The number of piperidine rings is 1. The number of nitrogens with zero attached hydrogens (tertiary/aromatic N) is 1. The zero-order chi connectivity index (χ0) is 11.8. The van der Waals surface area contributed by atoms with E-state index in [1.807, 2.05) is 6.08 Å². The standard InChI is InChI=1S/C12H21NO3/c1-16-12(15)3-2-7-13-8-4-11(5-9-13)6-10-14/h2-3,11,14H,4-10H2,1H3. The molecule has 0 aliphatic carbocycles. The van der Waals surface area contributed by atoms with Crippen LogP contribution in [0.15, 0.2) is 12.2 Å². The van der Waals surface area contributed by atoms with Crippen LogP contribution in [0.3, 0.4) is 0 Å². The van der Waals surface area contributed by atoms with E-state index in [0.29, 0.717) is 12.5 Å². The highest BCUT2D eigenvalue weighted by Gasteiger charge is 2.17. The molecule has 1 aliphatic heterocycles. The molecule has 0 radical (unpaired) electrons. The molecule has 4 heteroatoms. The minimum atomic E-state index is -0.296. The predicted molar refractivity (Wildman–Crippen MR) is 62.0 cm³/mol. The maximum absolute atomic E-state index is 10.8. The van der Waals surface area contributed by atoms with Crippen LogP contribution in [0.4, 0.5) is 0 Å². The van der Waals surface area contributed by atoms with Gasteiger partial charge in [0.1, 0.15) is 0 Å². The van der Waals surface area contributed by atoms with Gasteiger partial charge in [-0.05, 0) is 38.3 Å². The summed E-state index contributed by atoms with van der Waals surface area (Å²) in [7, 11) is 1.38. The van der Waals surface area contributed by atoms with Crippen LogP contribution in [0.2, 0.25) is 0 Å². The van der Waals surface area contributed by atoms with Gasteiger partial charge in [-0.15, -0.1) is 0 Å². The SMILES string of the molecule is COC(=O)C=CCN1CCC(CCO)CC1. The Labute approximate surface area is 96.9 Å². The van der Waals surface area contributed by atoms with Crippen molar-refractivity contribution in [1.82, 2.24) is 4.90 Å². The number of carbonyl (C=O) groups is 1. The number of rotatable bonds is 5. The minimum Gasteiger partial charge on any atom is -0.466 e. The van der Waals surface area contributed by atoms with Crippen molar-refractivity contribution >= 4 is 5.97 Å². The molecule has 1 rings (SSSR count). The van der Waals surface area contributed by atoms with Crippen molar-refractivity contribution in [2.75, 3.05) is 33.4 Å².